The number of thioether (sulfide) groups is 1. The smallest absolute Gasteiger partial charge is 0.255 e. The number of hydrogen-bond acceptors (Lipinski definition) is 4. The van der Waals surface area contributed by atoms with E-state index in [0.717, 1.165) is 12.2 Å². The largest absolute Gasteiger partial charge is 0.378 e. The van der Waals surface area contributed by atoms with Gasteiger partial charge in [-0.2, -0.15) is 0 Å². The van der Waals surface area contributed by atoms with E-state index in [2.05, 4.69) is 5.32 Å². The minimum atomic E-state index is -0.353. The average Bonchev–Trinajstić information content (AvgIpc) is 3.26. The van der Waals surface area contributed by atoms with E-state index in [1.54, 1.807) is 16.7 Å². The molecule has 1 N–H and O–H groups in total. The van der Waals surface area contributed by atoms with E-state index in [1.807, 2.05) is 43.3 Å². The molecule has 0 spiro atoms. The van der Waals surface area contributed by atoms with Gasteiger partial charge in [-0.25, -0.2) is 0 Å². The highest BCUT2D eigenvalue weighted by Gasteiger charge is 2.35. The summed E-state index contributed by atoms with van der Waals surface area (Å²) in [6.07, 6.45) is 2.42. The Hall–Kier alpha value is -1.69. The number of nitrogens with one attached hydrogen (secondary N) is 1. The highest BCUT2D eigenvalue weighted by molar-refractivity contribution is 7.99. The lowest BCUT2D eigenvalue weighted by molar-refractivity contribution is -0.124. The Balaban J connectivity index is 1.69. The molecule has 0 unspecified atom stereocenters. The van der Waals surface area contributed by atoms with Gasteiger partial charge in [0, 0.05) is 37.6 Å². The molecule has 5 nitrogen and oxygen atoms in total. The minimum Gasteiger partial charge on any atom is -0.378 e. The number of carbonyl (C=O) groups excluding carboxylic acids is 2. The van der Waals surface area contributed by atoms with Gasteiger partial charge in [-0.3, -0.25) is 9.59 Å². The molecule has 1 aromatic carbocycles. The van der Waals surface area contributed by atoms with Crippen LogP contribution in [0.15, 0.2) is 24.3 Å². The second-order valence-corrected chi connectivity index (χ2v) is 7.42. The van der Waals surface area contributed by atoms with E-state index in [4.69, 9.17) is 0 Å². The fourth-order valence-corrected chi connectivity index (χ4v) is 3.78. The van der Waals surface area contributed by atoms with Crippen molar-refractivity contribution in [3.8, 4) is 0 Å². The molecule has 124 valence electrons. The molecule has 1 saturated carbocycles. The summed E-state index contributed by atoms with van der Waals surface area (Å²) in [6.45, 7) is 0.748. The van der Waals surface area contributed by atoms with Gasteiger partial charge in [-0.15, -0.1) is 11.8 Å². The molecule has 1 aliphatic heterocycles. The van der Waals surface area contributed by atoms with E-state index >= 15 is 0 Å². The topological polar surface area (TPSA) is 52.7 Å². The molecular weight excluding hydrogens is 310 g/mol. The SMILES string of the molecule is CN(C)c1cccc(C(=O)N2CSC[C@H]2C(=O)NCC2CC2)c1. The maximum Gasteiger partial charge on any atom is 0.255 e. The molecule has 0 bridgehead atoms. The molecule has 6 heteroatoms. The zero-order valence-electron chi connectivity index (χ0n) is 13.6. The fraction of sp³-hybridized carbons (Fsp3) is 0.529. The van der Waals surface area contributed by atoms with Crippen molar-refractivity contribution in [2.24, 2.45) is 5.92 Å². The van der Waals surface area contributed by atoms with Crippen LogP contribution in [0.4, 0.5) is 5.69 Å². The Kier molecular flexibility index (Phi) is 4.80. The van der Waals surface area contributed by atoms with E-state index in [1.165, 1.54) is 12.8 Å². The van der Waals surface area contributed by atoms with E-state index in [0.29, 0.717) is 23.1 Å². The van der Waals surface area contributed by atoms with Crippen molar-refractivity contribution in [2.75, 3.05) is 37.2 Å². The van der Waals surface area contributed by atoms with Gasteiger partial charge >= 0.3 is 0 Å². The first-order chi connectivity index (χ1) is 11.1. The van der Waals surface area contributed by atoms with Crippen LogP contribution < -0.4 is 10.2 Å². The van der Waals surface area contributed by atoms with Crippen LogP contribution in [-0.2, 0) is 4.79 Å². The van der Waals surface area contributed by atoms with Crippen molar-refractivity contribution in [3.63, 3.8) is 0 Å². The first kappa shape index (κ1) is 16.2. The third-order valence-electron chi connectivity index (χ3n) is 4.32. The van der Waals surface area contributed by atoms with Gasteiger partial charge in [-0.1, -0.05) is 6.07 Å². The van der Waals surface area contributed by atoms with Gasteiger partial charge in [0.1, 0.15) is 6.04 Å². The Bertz CT molecular complexity index is 601. The average molecular weight is 333 g/mol. The van der Waals surface area contributed by atoms with Gasteiger partial charge < -0.3 is 15.1 Å². The Labute approximate surface area is 141 Å². The number of nitrogens with zero attached hydrogens (tertiary/aromatic N) is 2. The first-order valence-corrected chi connectivity index (χ1v) is 9.15. The zero-order valence-corrected chi connectivity index (χ0v) is 14.4. The molecule has 23 heavy (non-hydrogen) atoms. The third-order valence-corrected chi connectivity index (χ3v) is 5.33. The summed E-state index contributed by atoms with van der Waals surface area (Å²) >= 11 is 1.64. The fourth-order valence-electron chi connectivity index (χ4n) is 2.63. The van der Waals surface area contributed by atoms with Crippen molar-refractivity contribution in [1.29, 1.82) is 0 Å². The van der Waals surface area contributed by atoms with Crippen LogP contribution in [0.2, 0.25) is 0 Å². The van der Waals surface area contributed by atoms with Gasteiger partial charge in [0.05, 0.1) is 5.88 Å². The predicted molar refractivity (Wildman–Crippen MR) is 93.8 cm³/mol. The van der Waals surface area contributed by atoms with E-state index < -0.39 is 0 Å². The molecule has 0 radical (unpaired) electrons. The monoisotopic (exact) mass is 333 g/mol. The summed E-state index contributed by atoms with van der Waals surface area (Å²) in [7, 11) is 3.90. The van der Waals surface area contributed by atoms with Crippen LogP contribution in [0.1, 0.15) is 23.2 Å². The van der Waals surface area contributed by atoms with Gasteiger partial charge in [0.15, 0.2) is 0 Å². The van der Waals surface area contributed by atoms with Crippen LogP contribution in [0, 0.1) is 5.92 Å². The van der Waals surface area contributed by atoms with Crippen LogP contribution in [0.5, 0.6) is 0 Å². The van der Waals surface area contributed by atoms with E-state index in [-0.39, 0.29) is 17.9 Å². The van der Waals surface area contributed by atoms with Crippen LogP contribution in [0.3, 0.4) is 0 Å². The first-order valence-electron chi connectivity index (χ1n) is 8.00. The highest BCUT2D eigenvalue weighted by Crippen LogP contribution is 2.28. The number of hydrogen-bond donors (Lipinski definition) is 1. The van der Waals surface area contributed by atoms with Crippen molar-refractivity contribution < 1.29 is 9.59 Å². The maximum atomic E-state index is 12.8. The highest BCUT2D eigenvalue weighted by atomic mass is 32.2. The van der Waals surface area contributed by atoms with Crippen molar-refractivity contribution in [2.45, 2.75) is 18.9 Å². The molecule has 1 aliphatic carbocycles. The second kappa shape index (κ2) is 6.83. The van der Waals surface area contributed by atoms with E-state index in [9.17, 15) is 9.59 Å². The summed E-state index contributed by atoms with van der Waals surface area (Å²) in [4.78, 5) is 28.8. The molecule has 2 aliphatic rings. The maximum absolute atomic E-state index is 12.8. The number of rotatable bonds is 5. The molecule has 2 amide bonds. The molecule has 1 saturated heterocycles. The van der Waals surface area contributed by atoms with Gasteiger partial charge in [0.2, 0.25) is 5.91 Å². The number of benzene rings is 1. The second-order valence-electron chi connectivity index (χ2n) is 6.42. The Morgan fingerprint density at radius 3 is 2.83 bits per heavy atom. The molecule has 1 heterocycles. The lowest BCUT2D eigenvalue weighted by atomic mass is 10.1. The van der Waals surface area contributed by atoms with Gasteiger partial charge in [-0.05, 0) is 37.0 Å². The zero-order chi connectivity index (χ0) is 16.4. The summed E-state index contributed by atoms with van der Waals surface area (Å²) in [6, 6.07) is 7.19. The van der Waals surface area contributed by atoms with Crippen LogP contribution in [0.25, 0.3) is 0 Å². The third kappa shape index (κ3) is 3.80. The summed E-state index contributed by atoms with van der Waals surface area (Å²) in [5.41, 5.74) is 1.62. The van der Waals surface area contributed by atoms with Crippen LogP contribution >= 0.6 is 11.8 Å². The van der Waals surface area contributed by atoms with Crippen molar-refractivity contribution >= 4 is 29.3 Å². The summed E-state index contributed by atoms with van der Waals surface area (Å²) < 4.78 is 0. The number of amides is 2. The Morgan fingerprint density at radius 1 is 1.35 bits per heavy atom. The molecular formula is C17H23N3O2S. The lowest BCUT2D eigenvalue weighted by Crippen LogP contribution is -2.47. The standard InChI is InChI=1S/C17H23N3O2S/c1-19(2)14-5-3-4-13(8-14)17(22)20-11-23-10-15(20)16(21)18-9-12-6-7-12/h3-5,8,12,15H,6-7,9-11H2,1-2H3,(H,18,21)/t15-/m0/s1. The number of carbonyl (C=O) groups is 2. The molecule has 1 atom stereocenters. The van der Waals surface area contributed by atoms with Crippen LogP contribution in [-0.4, -0.2) is 55.0 Å². The molecule has 0 aromatic heterocycles. The normalized spacial score (nSPS) is 20.4. The predicted octanol–water partition coefficient (Wildman–Crippen LogP) is 1.79. The molecule has 2 fully saturated rings. The summed E-state index contributed by atoms with van der Waals surface area (Å²) in [5.74, 6) is 1.82. The summed E-state index contributed by atoms with van der Waals surface area (Å²) in [5, 5.41) is 3.00. The van der Waals surface area contributed by atoms with Crippen molar-refractivity contribution in [3.05, 3.63) is 29.8 Å². The molecule has 3 rings (SSSR count). The lowest BCUT2D eigenvalue weighted by Gasteiger charge is -2.23. The Morgan fingerprint density at radius 2 is 2.13 bits per heavy atom. The number of anilines is 1. The van der Waals surface area contributed by atoms with Crippen molar-refractivity contribution in [1.82, 2.24) is 10.2 Å². The van der Waals surface area contributed by atoms with Gasteiger partial charge in [0.25, 0.3) is 5.91 Å². The minimum absolute atomic E-state index is 0.0148. The molecule has 1 aromatic rings. The quantitative estimate of drug-likeness (QED) is 0.893.